The van der Waals surface area contributed by atoms with Gasteiger partial charge in [-0.25, -0.2) is 0 Å². The lowest BCUT2D eigenvalue weighted by molar-refractivity contribution is 0.897. The Balaban J connectivity index is 2.77. The second kappa shape index (κ2) is 3.40. The number of nitrogens with zero attached hydrogens (tertiary/aromatic N) is 1. The quantitative estimate of drug-likeness (QED) is 0.669. The minimum absolute atomic E-state index is 0.0374. The van der Waals surface area contributed by atoms with Crippen LogP contribution in [0.1, 0.15) is 19.5 Å². The van der Waals surface area contributed by atoms with Gasteiger partial charge in [0, 0.05) is 23.7 Å². The summed E-state index contributed by atoms with van der Waals surface area (Å²) < 4.78 is 2.04. The van der Waals surface area contributed by atoms with E-state index in [1.807, 2.05) is 19.3 Å². The lowest BCUT2D eigenvalue weighted by atomic mass is 10.2. The number of thiol groups is 1. The predicted octanol–water partition coefficient (Wildman–Crippen LogP) is 2.75. The van der Waals surface area contributed by atoms with E-state index in [2.05, 4.69) is 49.3 Å². The largest absolute Gasteiger partial charge is 0.351 e. The zero-order valence-corrected chi connectivity index (χ0v) is 8.68. The summed E-state index contributed by atoms with van der Waals surface area (Å²) in [4.78, 5) is 0. The number of aromatic nitrogens is 1. The van der Waals surface area contributed by atoms with Crippen molar-refractivity contribution in [3.63, 3.8) is 0 Å². The Bertz CT molecular complexity index is 278. The van der Waals surface area contributed by atoms with Crippen molar-refractivity contribution < 1.29 is 0 Å². The van der Waals surface area contributed by atoms with Crippen LogP contribution in [-0.4, -0.2) is 9.31 Å². The first kappa shape index (κ1) is 9.46. The molecule has 0 unspecified atom stereocenters. The molecule has 0 aromatic carbocycles. The van der Waals surface area contributed by atoms with Crippen LogP contribution in [0.25, 0.3) is 6.08 Å². The summed E-state index contributed by atoms with van der Waals surface area (Å²) in [5.74, 6) is 0. The highest BCUT2D eigenvalue weighted by Crippen LogP contribution is 2.15. The van der Waals surface area contributed by atoms with Crippen LogP contribution in [0.4, 0.5) is 0 Å². The molecule has 1 nitrogen and oxygen atoms in total. The van der Waals surface area contributed by atoms with Crippen molar-refractivity contribution >= 4 is 18.7 Å². The number of hydrogen-bond acceptors (Lipinski definition) is 1. The molecule has 0 fully saturated rings. The third-order valence-corrected chi connectivity index (χ3v) is 1.79. The summed E-state index contributed by atoms with van der Waals surface area (Å²) in [7, 11) is 2.03. The summed E-state index contributed by atoms with van der Waals surface area (Å²) in [5, 5.41) is 0. The van der Waals surface area contributed by atoms with Crippen molar-refractivity contribution in [2.75, 3.05) is 0 Å². The minimum atomic E-state index is -0.0374. The third kappa shape index (κ3) is 2.78. The molecule has 0 saturated heterocycles. The molecule has 0 aliphatic rings. The van der Waals surface area contributed by atoms with Gasteiger partial charge in [-0.1, -0.05) is 6.08 Å². The number of hydrogen-bond donors (Lipinski definition) is 1. The van der Waals surface area contributed by atoms with Crippen molar-refractivity contribution in [2.45, 2.75) is 18.6 Å². The van der Waals surface area contributed by atoms with Crippen molar-refractivity contribution in [3.8, 4) is 0 Å². The molecule has 0 spiro atoms. The Labute approximate surface area is 79.5 Å². The topological polar surface area (TPSA) is 4.93 Å². The second-order valence-electron chi connectivity index (χ2n) is 3.53. The fraction of sp³-hybridized carbons (Fsp3) is 0.400. The standard InChI is InChI=1S/C10H15NS/c1-10(2,12)7-6-9-5-4-8-11(9)3/h4-8,12H,1-3H3/b7-6+. The maximum atomic E-state index is 4.40. The summed E-state index contributed by atoms with van der Waals surface area (Å²) >= 11 is 4.40. The Morgan fingerprint density at radius 1 is 1.50 bits per heavy atom. The van der Waals surface area contributed by atoms with Gasteiger partial charge >= 0.3 is 0 Å². The van der Waals surface area contributed by atoms with E-state index in [4.69, 9.17) is 0 Å². The van der Waals surface area contributed by atoms with Crippen LogP contribution in [0.15, 0.2) is 24.4 Å². The Morgan fingerprint density at radius 2 is 2.17 bits per heavy atom. The van der Waals surface area contributed by atoms with Crippen LogP contribution in [0.2, 0.25) is 0 Å². The molecule has 0 bridgehead atoms. The number of rotatable bonds is 2. The molecule has 0 N–H and O–H groups in total. The van der Waals surface area contributed by atoms with Gasteiger partial charge in [0.25, 0.3) is 0 Å². The maximum Gasteiger partial charge on any atom is 0.0401 e. The average Bonchev–Trinajstić information content (AvgIpc) is 2.29. The van der Waals surface area contributed by atoms with Crippen molar-refractivity contribution in [1.82, 2.24) is 4.57 Å². The fourth-order valence-electron chi connectivity index (χ4n) is 0.937. The molecule has 12 heavy (non-hydrogen) atoms. The molecule has 0 aliphatic heterocycles. The molecule has 0 atom stereocenters. The monoisotopic (exact) mass is 181 g/mol. The molecule has 0 radical (unpaired) electrons. The minimum Gasteiger partial charge on any atom is -0.351 e. The summed E-state index contributed by atoms with van der Waals surface area (Å²) in [5.41, 5.74) is 1.21. The van der Waals surface area contributed by atoms with E-state index in [1.54, 1.807) is 0 Å². The SMILES string of the molecule is Cn1cccc1/C=C/C(C)(C)S. The van der Waals surface area contributed by atoms with Crippen molar-refractivity contribution in [1.29, 1.82) is 0 Å². The van der Waals surface area contributed by atoms with E-state index in [0.29, 0.717) is 0 Å². The molecule has 1 aromatic heterocycles. The van der Waals surface area contributed by atoms with Crippen LogP contribution >= 0.6 is 12.6 Å². The molecule has 0 amide bonds. The average molecular weight is 181 g/mol. The van der Waals surface area contributed by atoms with E-state index in [0.717, 1.165) is 0 Å². The van der Waals surface area contributed by atoms with E-state index < -0.39 is 0 Å². The van der Waals surface area contributed by atoms with Gasteiger partial charge in [-0.3, -0.25) is 0 Å². The zero-order valence-electron chi connectivity index (χ0n) is 7.78. The smallest absolute Gasteiger partial charge is 0.0401 e. The van der Waals surface area contributed by atoms with Crippen LogP contribution < -0.4 is 0 Å². The van der Waals surface area contributed by atoms with Crippen LogP contribution in [0.5, 0.6) is 0 Å². The van der Waals surface area contributed by atoms with E-state index >= 15 is 0 Å². The first-order valence-corrected chi connectivity index (χ1v) is 4.47. The molecule has 0 saturated carbocycles. The number of aryl methyl sites for hydroxylation is 1. The molecule has 1 rings (SSSR count). The Hall–Kier alpha value is -0.630. The van der Waals surface area contributed by atoms with Crippen LogP contribution in [-0.2, 0) is 7.05 Å². The first-order chi connectivity index (χ1) is 5.49. The summed E-state index contributed by atoms with van der Waals surface area (Å²) in [6.45, 7) is 4.13. The van der Waals surface area contributed by atoms with E-state index in [1.165, 1.54) is 5.69 Å². The molecule has 1 aromatic rings. The van der Waals surface area contributed by atoms with Crippen molar-refractivity contribution in [2.24, 2.45) is 7.05 Å². The summed E-state index contributed by atoms with van der Waals surface area (Å²) in [6.07, 6.45) is 6.21. The molecular weight excluding hydrogens is 166 g/mol. The highest BCUT2D eigenvalue weighted by molar-refractivity contribution is 7.82. The van der Waals surface area contributed by atoms with Gasteiger partial charge < -0.3 is 4.57 Å². The van der Waals surface area contributed by atoms with Gasteiger partial charge in [-0.05, 0) is 32.1 Å². The molecule has 2 heteroatoms. The van der Waals surface area contributed by atoms with Gasteiger partial charge in [-0.15, -0.1) is 0 Å². The lowest BCUT2D eigenvalue weighted by Crippen LogP contribution is -2.04. The van der Waals surface area contributed by atoms with Gasteiger partial charge in [0.2, 0.25) is 0 Å². The van der Waals surface area contributed by atoms with Crippen molar-refractivity contribution in [3.05, 3.63) is 30.1 Å². The Kier molecular flexibility index (Phi) is 2.68. The van der Waals surface area contributed by atoms with Gasteiger partial charge in [-0.2, -0.15) is 12.6 Å². The van der Waals surface area contributed by atoms with Gasteiger partial charge in [0.05, 0.1) is 0 Å². The highest BCUT2D eigenvalue weighted by atomic mass is 32.1. The fourth-order valence-corrected chi connectivity index (χ4v) is 1.01. The molecule has 1 heterocycles. The van der Waals surface area contributed by atoms with E-state index in [-0.39, 0.29) is 4.75 Å². The van der Waals surface area contributed by atoms with Crippen LogP contribution in [0.3, 0.4) is 0 Å². The van der Waals surface area contributed by atoms with Crippen LogP contribution in [0, 0.1) is 0 Å². The zero-order chi connectivity index (χ0) is 9.19. The van der Waals surface area contributed by atoms with Gasteiger partial charge in [0.15, 0.2) is 0 Å². The third-order valence-electron chi connectivity index (χ3n) is 1.65. The predicted molar refractivity (Wildman–Crippen MR) is 57.5 cm³/mol. The second-order valence-corrected chi connectivity index (χ2v) is 4.68. The lowest BCUT2D eigenvalue weighted by Gasteiger charge is -2.09. The molecular formula is C10H15NS. The Morgan fingerprint density at radius 3 is 2.58 bits per heavy atom. The molecule has 0 aliphatic carbocycles. The van der Waals surface area contributed by atoms with Gasteiger partial charge in [0.1, 0.15) is 0 Å². The molecule has 66 valence electrons. The van der Waals surface area contributed by atoms with E-state index in [9.17, 15) is 0 Å². The maximum absolute atomic E-state index is 4.40. The first-order valence-electron chi connectivity index (χ1n) is 4.02. The summed E-state index contributed by atoms with van der Waals surface area (Å²) in [6, 6.07) is 4.11. The normalized spacial score (nSPS) is 12.7. The highest BCUT2D eigenvalue weighted by Gasteiger charge is 2.04.